The molecule has 33 heavy (non-hydrogen) atoms. The number of rotatable bonds is 6. The van der Waals surface area contributed by atoms with Crippen molar-refractivity contribution in [3.05, 3.63) is 10.2 Å². The summed E-state index contributed by atoms with van der Waals surface area (Å²) in [5.41, 5.74) is 0. The van der Waals surface area contributed by atoms with Gasteiger partial charge < -0.3 is 25.2 Å². The van der Waals surface area contributed by atoms with Gasteiger partial charge in [0.1, 0.15) is 5.02 Å². The predicted octanol–water partition coefficient (Wildman–Crippen LogP) is 2.94. The average Bonchev–Trinajstić information content (AvgIpc) is 2.86. The number of anilines is 2. The van der Waals surface area contributed by atoms with Gasteiger partial charge in [-0.25, -0.2) is 4.79 Å². The van der Waals surface area contributed by atoms with Crippen molar-refractivity contribution in [3.63, 3.8) is 0 Å². The fourth-order valence-electron chi connectivity index (χ4n) is 4.91. The van der Waals surface area contributed by atoms with Gasteiger partial charge in [-0.05, 0) is 44.6 Å². The third-order valence-electron chi connectivity index (χ3n) is 7.01. The Hall–Kier alpha value is -1.55. The minimum absolute atomic E-state index is 0.0755. The van der Waals surface area contributed by atoms with Crippen LogP contribution in [0.25, 0.3) is 0 Å². The summed E-state index contributed by atoms with van der Waals surface area (Å²) in [6.45, 7) is 7.51. The Labute approximate surface area is 206 Å². The fourth-order valence-corrected chi connectivity index (χ4v) is 5.27. The normalized spacial score (nSPS) is 24.6. The van der Waals surface area contributed by atoms with Crippen LogP contribution in [-0.4, -0.2) is 97.9 Å². The van der Waals surface area contributed by atoms with Crippen molar-refractivity contribution in [2.45, 2.75) is 38.1 Å². The van der Waals surface area contributed by atoms with Gasteiger partial charge in [0.05, 0.1) is 13.2 Å². The number of hydrogen-bond acceptors (Lipinski definition) is 7. The smallest absolute Gasteiger partial charge is 0.317 e. The van der Waals surface area contributed by atoms with E-state index in [0.29, 0.717) is 49.1 Å². The molecular formula is C22H35Cl2N7O2. The molecule has 0 aromatic carbocycles. The first kappa shape index (κ1) is 24.6. The third kappa shape index (κ3) is 6.53. The van der Waals surface area contributed by atoms with Crippen LogP contribution in [-0.2, 0) is 4.74 Å². The van der Waals surface area contributed by atoms with Gasteiger partial charge in [0.25, 0.3) is 0 Å². The number of hydrogen-bond donors (Lipinski definition) is 2. The van der Waals surface area contributed by atoms with E-state index in [4.69, 9.17) is 27.9 Å². The SMILES string of the molecule is CNc1nc(Cl)c(Cl)c(N2CCN(CC[C@H]3CC[C@H](NC(=O)N4CCOCC4)CC3)CC2)n1. The maximum atomic E-state index is 12.4. The van der Waals surface area contributed by atoms with Gasteiger partial charge in [-0.1, -0.05) is 23.2 Å². The summed E-state index contributed by atoms with van der Waals surface area (Å²) in [7, 11) is 1.77. The van der Waals surface area contributed by atoms with Gasteiger partial charge in [0.15, 0.2) is 11.0 Å². The van der Waals surface area contributed by atoms with Gasteiger partial charge in [0.2, 0.25) is 5.95 Å². The van der Waals surface area contributed by atoms with Crippen molar-refractivity contribution in [2.75, 3.05) is 76.3 Å². The zero-order valence-electron chi connectivity index (χ0n) is 19.4. The summed E-state index contributed by atoms with van der Waals surface area (Å²) in [5, 5.41) is 6.87. The lowest BCUT2D eigenvalue weighted by Gasteiger charge is -2.37. The third-order valence-corrected chi connectivity index (χ3v) is 7.73. The first-order chi connectivity index (χ1) is 16.0. The standard InChI is InChI=1S/C22H35Cl2N7O2/c1-25-21-27-19(24)18(23)20(28-21)30-10-8-29(9-11-30)7-6-16-2-4-17(5-3-16)26-22(32)31-12-14-33-15-13-31/h16-17H,2-15H2,1H3,(H,26,32)(H,25,27,28)/t16-,17-. The van der Waals surface area contributed by atoms with Crippen LogP contribution < -0.4 is 15.5 Å². The lowest BCUT2D eigenvalue weighted by Crippen LogP contribution is -2.50. The van der Waals surface area contributed by atoms with E-state index in [2.05, 4.69) is 30.4 Å². The van der Waals surface area contributed by atoms with Crippen LogP contribution in [0, 0.1) is 5.92 Å². The zero-order chi connectivity index (χ0) is 23.2. The lowest BCUT2D eigenvalue weighted by molar-refractivity contribution is 0.0519. The van der Waals surface area contributed by atoms with Crippen LogP contribution >= 0.6 is 23.2 Å². The Morgan fingerprint density at radius 3 is 2.39 bits per heavy atom. The van der Waals surface area contributed by atoms with E-state index in [1.165, 1.54) is 19.3 Å². The van der Waals surface area contributed by atoms with Crippen molar-refractivity contribution in [1.29, 1.82) is 0 Å². The van der Waals surface area contributed by atoms with Crippen molar-refractivity contribution in [3.8, 4) is 0 Å². The van der Waals surface area contributed by atoms with E-state index in [1.807, 2.05) is 4.90 Å². The number of aromatic nitrogens is 2. The number of nitrogens with one attached hydrogen (secondary N) is 2. The van der Waals surface area contributed by atoms with Crippen molar-refractivity contribution in [2.24, 2.45) is 5.92 Å². The average molecular weight is 500 g/mol. The van der Waals surface area contributed by atoms with E-state index < -0.39 is 0 Å². The summed E-state index contributed by atoms with van der Waals surface area (Å²) >= 11 is 12.5. The van der Waals surface area contributed by atoms with Gasteiger partial charge in [0, 0.05) is 52.4 Å². The number of amides is 2. The molecule has 1 aromatic rings. The summed E-state index contributed by atoms with van der Waals surface area (Å²) in [6.07, 6.45) is 5.75. The van der Waals surface area contributed by atoms with Crippen LogP contribution in [0.1, 0.15) is 32.1 Å². The van der Waals surface area contributed by atoms with Crippen LogP contribution in [0.3, 0.4) is 0 Å². The van der Waals surface area contributed by atoms with Crippen molar-refractivity contribution >= 4 is 41.0 Å². The quantitative estimate of drug-likeness (QED) is 0.581. The molecule has 11 heteroatoms. The van der Waals surface area contributed by atoms with Crippen LogP contribution in [0.4, 0.5) is 16.6 Å². The summed E-state index contributed by atoms with van der Waals surface area (Å²) < 4.78 is 5.33. The van der Waals surface area contributed by atoms with E-state index in [9.17, 15) is 4.79 Å². The highest BCUT2D eigenvalue weighted by molar-refractivity contribution is 6.42. The largest absolute Gasteiger partial charge is 0.378 e. The molecule has 3 aliphatic rings. The summed E-state index contributed by atoms with van der Waals surface area (Å²) in [4.78, 5) is 27.6. The van der Waals surface area contributed by atoms with E-state index in [-0.39, 0.29) is 11.2 Å². The molecule has 3 heterocycles. The fraction of sp³-hybridized carbons (Fsp3) is 0.773. The topological polar surface area (TPSA) is 85.9 Å². The second-order valence-corrected chi connectivity index (χ2v) is 9.85. The number of carbonyl (C=O) groups is 1. The zero-order valence-corrected chi connectivity index (χ0v) is 20.9. The minimum atomic E-state index is 0.0755. The Bertz CT molecular complexity index is 793. The Balaban J connectivity index is 1.15. The monoisotopic (exact) mass is 499 g/mol. The Morgan fingerprint density at radius 2 is 1.73 bits per heavy atom. The minimum Gasteiger partial charge on any atom is -0.378 e. The molecule has 4 rings (SSSR count). The highest BCUT2D eigenvalue weighted by atomic mass is 35.5. The number of carbonyl (C=O) groups excluding carboxylic acids is 1. The molecule has 2 amide bonds. The number of morpholine rings is 1. The van der Waals surface area contributed by atoms with Gasteiger partial charge in [-0.2, -0.15) is 9.97 Å². The number of ether oxygens (including phenoxy) is 1. The second-order valence-electron chi connectivity index (χ2n) is 9.11. The van der Waals surface area contributed by atoms with Crippen molar-refractivity contribution in [1.82, 2.24) is 25.1 Å². The number of halogens is 2. The molecule has 3 fully saturated rings. The molecule has 0 atom stereocenters. The second kappa shape index (κ2) is 11.7. The van der Waals surface area contributed by atoms with E-state index in [1.54, 1.807) is 7.05 Å². The summed E-state index contributed by atoms with van der Waals surface area (Å²) in [5.74, 6) is 1.93. The molecule has 0 radical (unpaired) electrons. The molecule has 1 saturated carbocycles. The molecule has 1 aliphatic carbocycles. The molecule has 0 spiro atoms. The molecule has 2 N–H and O–H groups in total. The Morgan fingerprint density at radius 1 is 1.03 bits per heavy atom. The molecular weight excluding hydrogens is 465 g/mol. The maximum absolute atomic E-state index is 12.4. The molecule has 184 valence electrons. The lowest BCUT2D eigenvalue weighted by atomic mass is 9.84. The first-order valence-corrected chi connectivity index (χ1v) is 12.8. The van der Waals surface area contributed by atoms with Gasteiger partial charge >= 0.3 is 6.03 Å². The first-order valence-electron chi connectivity index (χ1n) is 12.0. The van der Waals surface area contributed by atoms with Gasteiger partial charge in [-0.3, -0.25) is 4.90 Å². The predicted molar refractivity (Wildman–Crippen MR) is 132 cm³/mol. The number of urea groups is 1. The molecule has 2 aliphatic heterocycles. The molecule has 9 nitrogen and oxygen atoms in total. The van der Waals surface area contributed by atoms with Gasteiger partial charge in [-0.15, -0.1) is 0 Å². The van der Waals surface area contributed by atoms with E-state index in [0.717, 1.165) is 51.5 Å². The molecule has 2 saturated heterocycles. The van der Waals surface area contributed by atoms with Crippen LogP contribution in [0.5, 0.6) is 0 Å². The van der Waals surface area contributed by atoms with E-state index >= 15 is 0 Å². The number of piperazine rings is 1. The summed E-state index contributed by atoms with van der Waals surface area (Å²) in [6, 6.07) is 0.388. The Kier molecular flexibility index (Phi) is 8.73. The molecule has 1 aromatic heterocycles. The van der Waals surface area contributed by atoms with Crippen molar-refractivity contribution < 1.29 is 9.53 Å². The highest BCUT2D eigenvalue weighted by Gasteiger charge is 2.27. The highest BCUT2D eigenvalue weighted by Crippen LogP contribution is 2.32. The number of nitrogens with zero attached hydrogens (tertiary/aromatic N) is 5. The van der Waals surface area contributed by atoms with Crippen LogP contribution in [0.2, 0.25) is 10.2 Å². The molecule has 0 bridgehead atoms. The molecule has 0 unspecified atom stereocenters. The maximum Gasteiger partial charge on any atom is 0.317 e. The van der Waals surface area contributed by atoms with Crippen LogP contribution in [0.15, 0.2) is 0 Å².